The zero-order valence-corrected chi connectivity index (χ0v) is 11.3. The zero-order chi connectivity index (χ0) is 14.3. The second-order valence-corrected chi connectivity index (χ2v) is 4.15. The molecule has 1 rings (SSSR count). The fourth-order valence-electron chi connectivity index (χ4n) is 1.66. The number of benzene rings is 1. The van der Waals surface area contributed by atoms with Gasteiger partial charge in [0.25, 0.3) is 0 Å². The summed E-state index contributed by atoms with van der Waals surface area (Å²) in [5, 5.41) is 18.8. The molecule has 2 N–H and O–H groups in total. The Morgan fingerprint density at radius 3 is 2.63 bits per heavy atom. The summed E-state index contributed by atoms with van der Waals surface area (Å²) in [6.07, 6.45) is 5.63. The van der Waals surface area contributed by atoms with E-state index in [4.69, 9.17) is 0 Å². The molecule has 1 aromatic rings. The van der Waals surface area contributed by atoms with Crippen LogP contribution in [-0.4, -0.2) is 28.8 Å². The third-order valence-corrected chi connectivity index (χ3v) is 2.72. The molecule has 0 fully saturated rings. The average Bonchev–Trinajstić information content (AvgIpc) is 2.38. The van der Waals surface area contributed by atoms with Crippen molar-refractivity contribution in [1.29, 1.82) is 0 Å². The molecular formula is C15H19NO3. The monoisotopic (exact) mass is 261 g/mol. The van der Waals surface area contributed by atoms with Crippen LogP contribution in [0.2, 0.25) is 0 Å². The highest BCUT2D eigenvalue weighted by molar-refractivity contribution is 6.03. The molecule has 0 saturated carbocycles. The Labute approximate surface area is 113 Å². The van der Waals surface area contributed by atoms with Crippen LogP contribution in [0, 0.1) is 0 Å². The zero-order valence-electron chi connectivity index (χ0n) is 11.3. The first-order valence-electron chi connectivity index (χ1n) is 6.25. The topological polar surface area (TPSA) is 69.9 Å². The molecule has 0 aliphatic rings. The van der Waals surface area contributed by atoms with E-state index in [9.17, 15) is 15.0 Å². The smallest absolute Gasteiger partial charge is 0.166 e. The summed E-state index contributed by atoms with van der Waals surface area (Å²) >= 11 is 0. The first kappa shape index (κ1) is 15.0. The standard InChI is InChI=1S/C15H19NO3/c1-3-4-5-11(16-2)6-9-14(18)13-8-7-12(17)10-15(13)19/h4-5,7-8,10,17,19H,3,6,9H2,1-2H3/b5-4-,16-11?. The van der Waals surface area contributed by atoms with Gasteiger partial charge in [-0.25, -0.2) is 0 Å². The van der Waals surface area contributed by atoms with Crippen LogP contribution < -0.4 is 0 Å². The molecule has 0 unspecified atom stereocenters. The Bertz CT molecular complexity index is 504. The van der Waals surface area contributed by atoms with E-state index in [0.717, 1.165) is 12.1 Å². The van der Waals surface area contributed by atoms with Crippen LogP contribution in [0.3, 0.4) is 0 Å². The summed E-state index contributed by atoms with van der Waals surface area (Å²) < 4.78 is 0. The second-order valence-electron chi connectivity index (χ2n) is 4.15. The molecule has 19 heavy (non-hydrogen) atoms. The van der Waals surface area contributed by atoms with E-state index in [0.29, 0.717) is 6.42 Å². The van der Waals surface area contributed by atoms with Gasteiger partial charge in [-0.2, -0.15) is 0 Å². The fraction of sp³-hybridized carbons (Fsp3) is 0.333. The van der Waals surface area contributed by atoms with Gasteiger partial charge in [0.15, 0.2) is 5.78 Å². The maximum atomic E-state index is 12.0. The van der Waals surface area contributed by atoms with Gasteiger partial charge in [0.05, 0.1) is 5.56 Å². The van der Waals surface area contributed by atoms with Crippen LogP contribution in [-0.2, 0) is 0 Å². The minimum atomic E-state index is -0.191. The number of carbonyl (C=O) groups is 1. The van der Waals surface area contributed by atoms with Crippen molar-refractivity contribution in [1.82, 2.24) is 0 Å². The van der Waals surface area contributed by atoms with Crippen LogP contribution in [0.4, 0.5) is 0 Å². The predicted molar refractivity (Wildman–Crippen MR) is 76.1 cm³/mol. The number of hydrogen-bond acceptors (Lipinski definition) is 4. The molecule has 0 aromatic heterocycles. The van der Waals surface area contributed by atoms with Crippen LogP contribution in [0.15, 0.2) is 35.3 Å². The van der Waals surface area contributed by atoms with Crippen LogP contribution >= 0.6 is 0 Å². The van der Waals surface area contributed by atoms with Crippen molar-refractivity contribution in [3.8, 4) is 11.5 Å². The number of aromatic hydroxyl groups is 2. The summed E-state index contributed by atoms with van der Waals surface area (Å²) in [7, 11) is 1.69. The lowest BCUT2D eigenvalue weighted by atomic mass is 10.0. The SMILES string of the molecule is CC/C=C\C(CCC(=O)c1ccc(O)cc1O)=NC. The van der Waals surface area contributed by atoms with E-state index in [2.05, 4.69) is 4.99 Å². The van der Waals surface area contributed by atoms with Gasteiger partial charge in [-0.15, -0.1) is 0 Å². The number of carbonyl (C=O) groups excluding carboxylic acids is 1. The summed E-state index contributed by atoms with van der Waals surface area (Å²) in [4.78, 5) is 16.1. The maximum absolute atomic E-state index is 12.0. The van der Waals surface area contributed by atoms with Crippen LogP contribution in [0.1, 0.15) is 36.5 Å². The summed E-state index contributed by atoms with van der Waals surface area (Å²) in [6, 6.07) is 3.98. The van der Waals surface area contributed by atoms with Gasteiger partial charge in [-0.3, -0.25) is 9.79 Å². The number of nitrogens with zero attached hydrogens (tertiary/aromatic N) is 1. The number of rotatable bonds is 6. The lowest BCUT2D eigenvalue weighted by Gasteiger charge is -2.04. The van der Waals surface area contributed by atoms with Gasteiger partial charge >= 0.3 is 0 Å². The van der Waals surface area contributed by atoms with Gasteiger partial charge in [-0.1, -0.05) is 13.0 Å². The van der Waals surface area contributed by atoms with Crippen molar-refractivity contribution < 1.29 is 15.0 Å². The van der Waals surface area contributed by atoms with E-state index in [1.54, 1.807) is 7.05 Å². The van der Waals surface area contributed by atoms with Gasteiger partial charge in [0, 0.05) is 25.2 Å². The molecule has 0 spiro atoms. The van der Waals surface area contributed by atoms with E-state index < -0.39 is 0 Å². The van der Waals surface area contributed by atoms with E-state index >= 15 is 0 Å². The van der Waals surface area contributed by atoms with Gasteiger partial charge in [-0.05, 0) is 31.1 Å². The minimum Gasteiger partial charge on any atom is -0.508 e. The van der Waals surface area contributed by atoms with Crippen LogP contribution in [0.5, 0.6) is 11.5 Å². The molecule has 0 heterocycles. The maximum Gasteiger partial charge on any atom is 0.166 e. The number of phenols is 2. The van der Waals surface area contributed by atoms with Crippen molar-refractivity contribution >= 4 is 11.5 Å². The van der Waals surface area contributed by atoms with E-state index in [1.807, 2.05) is 19.1 Å². The third kappa shape index (κ3) is 4.58. The molecular weight excluding hydrogens is 242 g/mol. The van der Waals surface area contributed by atoms with Crippen molar-refractivity contribution in [3.05, 3.63) is 35.9 Å². The van der Waals surface area contributed by atoms with Crippen molar-refractivity contribution in [2.45, 2.75) is 26.2 Å². The van der Waals surface area contributed by atoms with Crippen LogP contribution in [0.25, 0.3) is 0 Å². The molecule has 0 radical (unpaired) electrons. The lowest BCUT2D eigenvalue weighted by molar-refractivity contribution is 0.0982. The predicted octanol–water partition coefficient (Wildman–Crippen LogP) is 3.10. The highest BCUT2D eigenvalue weighted by Gasteiger charge is 2.12. The number of ketones is 1. The van der Waals surface area contributed by atoms with Gasteiger partial charge in [0.1, 0.15) is 11.5 Å². The molecule has 0 aliphatic heterocycles. The summed E-state index contributed by atoms with van der Waals surface area (Å²) in [5.41, 5.74) is 1.08. The fourth-order valence-corrected chi connectivity index (χ4v) is 1.66. The van der Waals surface area contributed by atoms with Crippen molar-refractivity contribution in [2.75, 3.05) is 7.05 Å². The first-order chi connectivity index (χ1) is 9.08. The Morgan fingerprint density at radius 1 is 1.32 bits per heavy atom. The van der Waals surface area contributed by atoms with Gasteiger partial charge < -0.3 is 10.2 Å². The Morgan fingerprint density at radius 2 is 2.05 bits per heavy atom. The first-order valence-corrected chi connectivity index (χ1v) is 6.25. The molecule has 0 atom stereocenters. The normalized spacial score (nSPS) is 12.0. The summed E-state index contributed by atoms with van der Waals surface area (Å²) in [5.74, 6) is -0.414. The minimum absolute atomic E-state index is 0.0595. The highest BCUT2D eigenvalue weighted by Crippen LogP contribution is 2.24. The molecule has 0 saturated heterocycles. The number of hydrogen-bond donors (Lipinski definition) is 2. The lowest BCUT2D eigenvalue weighted by Crippen LogP contribution is -2.03. The number of aliphatic imine (C=N–C) groups is 1. The molecule has 4 nitrogen and oxygen atoms in total. The molecule has 0 bridgehead atoms. The largest absolute Gasteiger partial charge is 0.508 e. The van der Waals surface area contributed by atoms with Gasteiger partial charge in [0.2, 0.25) is 0 Å². The summed E-state index contributed by atoms with van der Waals surface area (Å²) in [6.45, 7) is 2.03. The van der Waals surface area contributed by atoms with E-state index in [1.165, 1.54) is 18.2 Å². The third-order valence-electron chi connectivity index (χ3n) is 2.72. The second kappa shape index (κ2) is 7.36. The van der Waals surface area contributed by atoms with Crippen molar-refractivity contribution in [2.24, 2.45) is 4.99 Å². The molecule has 102 valence electrons. The Hall–Kier alpha value is -2.10. The number of Topliss-reactive ketones (excluding diaryl/α,β-unsaturated/α-hetero) is 1. The van der Waals surface area contributed by atoms with Crippen molar-refractivity contribution in [3.63, 3.8) is 0 Å². The van der Waals surface area contributed by atoms with E-state index in [-0.39, 0.29) is 29.3 Å². The quantitative estimate of drug-likeness (QED) is 0.610. The Balaban J connectivity index is 2.67. The average molecular weight is 261 g/mol. The Kier molecular flexibility index (Phi) is 5.79. The molecule has 0 aliphatic carbocycles. The molecule has 0 amide bonds. The number of phenolic OH excluding ortho intramolecular Hbond substituents is 2. The number of allylic oxidation sites excluding steroid dienone is 2. The molecule has 1 aromatic carbocycles. The molecule has 4 heteroatoms. The highest BCUT2D eigenvalue weighted by atomic mass is 16.3.